The number of hydrogen-bond acceptors (Lipinski definition) is 3. The van der Waals surface area contributed by atoms with Crippen LogP contribution < -0.4 is 0 Å². The normalized spacial score (nSPS) is 26.4. The molecular weight excluding hydrogens is 256 g/mol. The molecule has 106 valence electrons. The van der Waals surface area contributed by atoms with Gasteiger partial charge in [0.15, 0.2) is 0 Å². The van der Waals surface area contributed by atoms with E-state index in [1.807, 2.05) is 13.8 Å². The molecule has 0 saturated carbocycles. The summed E-state index contributed by atoms with van der Waals surface area (Å²) in [5, 5.41) is 8.61. The third-order valence-corrected chi connectivity index (χ3v) is 5.64. The number of nitrogens with zero attached hydrogens (tertiary/aromatic N) is 2. The maximum absolute atomic E-state index is 12.4. The van der Waals surface area contributed by atoms with Gasteiger partial charge in [0.05, 0.1) is 6.42 Å². The Morgan fingerprint density at radius 2 is 1.83 bits per heavy atom. The SMILES string of the molecule is C[C@@H]1CCC[C@H](C)N1S(=O)(=O)N(C)CCC(=O)O. The lowest BCUT2D eigenvalue weighted by atomic mass is 10.0. The molecule has 2 atom stereocenters. The van der Waals surface area contributed by atoms with Crippen molar-refractivity contribution in [1.82, 2.24) is 8.61 Å². The summed E-state index contributed by atoms with van der Waals surface area (Å²) in [5.74, 6) is -0.989. The lowest BCUT2D eigenvalue weighted by Gasteiger charge is -2.39. The van der Waals surface area contributed by atoms with Gasteiger partial charge in [-0.25, -0.2) is 0 Å². The lowest BCUT2D eigenvalue weighted by molar-refractivity contribution is -0.137. The summed E-state index contributed by atoms with van der Waals surface area (Å²) in [7, 11) is -2.12. The van der Waals surface area contributed by atoms with Crippen LogP contribution in [0.3, 0.4) is 0 Å². The van der Waals surface area contributed by atoms with E-state index in [4.69, 9.17) is 5.11 Å². The Balaban J connectivity index is 2.80. The largest absolute Gasteiger partial charge is 0.481 e. The zero-order chi connectivity index (χ0) is 13.9. The van der Waals surface area contributed by atoms with Crippen molar-refractivity contribution >= 4 is 16.2 Å². The van der Waals surface area contributed by atoms with Crippen molar-refractivity contribution in [2.45, 2.75) is 51.6 Å². The number of carboxylic acid groups (broad SMARTS) is 1. The third kappa shape index (κ3) is 3.43. The highest BCUT2D eigenvalue weighted by Crippen LogP contribution is 2.26. The van der Waals surface area contributed by atoms with E-state index in [2.05, 4.69) is 0 Å². The van der Waals surface area contributed by atoms with Crippen LogP contribution in [0.15, 0.2) is 0 Å². The Labute approximate surface area is 109 Å². The molecule has 0 aromatic carbocycles. The van der Waals surface area contributed by atoms with E-state index < -0.39 is 16.2 Å². The number of carbonyl (C=O) groups is 1. The number of carboxylic acids is 1. The lowest BCUT2D eigenvalue weighted by Crippen LogP contribution is -2.52. The fourth-order valence-corrected chi connectivity index (χ4v) is 4.15. The van der Waals surface area contributed by atoms with Gasteiger partial charge in [-0.05, 0) is 26.7 Å². The van der Waals surface area contributed by atoms with Crippen LogP contribution in [0.4, 0.5) is 0 Å². The molecule has 0 aromatic rings. The molecule has 1 saturated heterocycles. The monoisotopic (exact) mass is 278 g/mol. The number of rotatable bonds is 5. The van der Waals surface area contributed by atoms with E-state index in [0.29, 0.717) is 0 Å². The van der Waals surface area contributed by atoms with Gasteiger partial charge in [-0.1, -0.05) is 6.42 Å². The topological polar surface area (TPSA) is 77.9 Å². The average Bonchev–Trinajstić information content (AvgIpc) is 2.25. The highest BCUT2D eigenvalue weighted by molar-refractivity contribution is 7.86. The third-order valence-electron chi connectivity index (χ3n) is 3.41. The van der Waals surface area contributed by atoms with Crippen LogP contribution in [-0.4, -0.2) is 53.8 Å². The van der Waals surface area contributed by atoms with E-state index in [-0.39, 0.29) is 25.0 Å². The minimum Gasteiger partial charge on any atom is -0.481 e. The Kier molecular flexibility index (Phi) is 5.12. The van der Waals surface area contributed by atoms with Gasteiger partial charge in [0, 0.05) is 25.7 Å². The predicted octanol–water partition coefficient (Wildman–Crippen LogP) is 0.901. The first kappa shape index (κ1) is 15.4. The number of aliphatic carboxylic acids is 1. The molecule has 0 bridgehead atoms. The second-order valence-corrected chi connectivity index (χ2v) is 6.87. The van der Waals surface area contributed by atoms with Gasteiger partial charge in [0.25, 0.3) is 10.2 Å². The average molecular weight is 278 g/mol. The Morgan fingerprint density at radius 1 is 1.33 bits per heavy atom. The van der Waals surface area contributed by atoms with Gasteiger partial charge < -0.3 is 5.11 Å². The molecule has 1 fully saturated rings. The first-order valence-corrected chi connectivity index (χ1v) is 7.63. The molecule has 0 unspecified atom stereocenters. The van der Waals surface area contributed by atoms with Crippen molar-refractivity contribution in [2.75, 3.05) is 13.6 Å². The summed E-state index contributed by atoms with van der Waals surface area (Å²) in [4.78, 5) is 10.5. The standard InChI is InChI=1S/C11H22N2O4S/c1-9-5-4-6-10(2)13(9)18(16,17)12(3)8-7-11(14)15/h9-10H,4-8H2,1-3H3,(H,14,15)/t9-,10+. The molecule has 0 radical (unpaired) electrons. The zero-order valence-corrected chi connectivity index (χ0v) is 12.0. The molecule has 6 nitrogen and oxygen atoms in total. The van der Waals surface area contributed by atoms with E-state index in [0.717, 1.165) is 23.6 Å². The first-order valence-electron chi connectivity index (χ1n) is 6.23. The van der Waals surface area contributed by atoms with E-state index in [9.17, 15) is 13.2 Å². The molecule has 1 aliphatic rings. The first-order chi connectivity index (χ1) is 8.26. The van der Waals surface area contributed by atoms with Crippen LogP contribution in [0.1, 0.15) is 39.5 Å². The minimum absolute atomic E-state index is 0.00755. The fraction of sp³-hybridized carbons (Fsp3) is 0.909. The van der Waals surface area contributed by atoms with Crippen LogP contribution in [0.2, 0.25) is 0 Å². The van der Waals surface area contributed by atoms with Crippen LogP contribution in [-0.2, 0) is 15.0 Å². The van der Waals surface area contributed by atoms with Crippen molar-refractivity contribution in [1.29, 1.82) is 0 Å². The highest BCUT2D eigenvalue weighted by Gasteiger charge is 2.36. The summed E-state index contributed by atoms with van der Waals surface area (Å²) in [6.07, 6.45) is 2.58. The van der Waals surface area contributed by atoms with E-state index in [1.54, 1.807) is 0 Å². The predicted molar refractivity (Wildman–Crippen MR) is 68.4 cm³/mol. The molecule has 1 N–H and O–H groups in total. The summed E-state index contributed by atoms with van der Waals surface area (Å²) in [6.45, 7) is 3.81. The van der Waals surface area contributed by atoms with Gasteiger partial charge in [0.1, 0.15) is 0 Å². The molecule has 0 aromatic heterocycles. The summed E-state index contributed by atoms with van der Waals surface area (Å²) >= 11 is 0. The maximum atomic E-state index is 12.4. The molecule has 0 amide bonds. The van der Waals surface area contributed by atoms with Gasteiger partial charge >= 0.3 is 5.97 Å². The quantitative estimate of drug-likeness (QED) is 0.810. The number of hydrogen-bond donors (Lipinski definition) is 1. The molecule has 0 spiro atoms. The molecular formula is C11H22N2O4S. The van der Waals surface area contributed by atoms with Crippen molar-refractivity contribution in [3.05, 3.63) is 0 Å². The minimum atomic E-state index is -3.55. The zero-order valence-electron chi connectivity index (χ0n) is 11.2. The van der Waals surface area contributed by atoms with E-state index in [1.165, 1.54) is 11.4 Å². The molecule has 1 aliphatic heterocycles. The van der Waals surface area contributed by atoms with Crippen molar-refractivity contribution in [3.8, 4) is 0 Å². The molecule has 0 aliphatic carbocycles. The smallest absolute Gasteiger partial charge is 0.304 e. The second-order valence-electron chi connectivity index (χ2n) is 4.93. The molecule has 18 heavy (non-hydrogen) atoms. The molecule has 1 rings (SSSR count). The Hall–Kier alpha value is -0.660. The molecule has 1 heterocycles. The van der Waals surface area contributed by atoms with Crippen LogP contribution in [0.25, 0.3) is 0 Å². The van der Waals surface area contributed by atoms with Crippen LogP contribution in [0.5, 0.6) is 0 Å². The summed E-state index contributed by atoms with van der Waals surface area (Å²) < 4.78 is 27.4. The second kappa shape index (κ2) is 5.99. The maximum Gasteiger partial charge on any atom is 0.304 e. The highest BCUT2D eigenvalue weighted by atomic mass is 32.2. The Morgan fingerprint density at radius 3 is 2.28 bits per heavy atom. The molecule has 7 heteroatoms. The summed E-state index contributed by atoms with van der Waals surface area (Å²) in [6, 6.07) is -0.0444. The van der Waals surface area contributed by atoms with Gasteiger partial charge in [-0.15, -0.1) is 0 Å². The van der Waals surface area contributed by atoms with Crippen molar-refractivity contribution in [3.63, 3.8) is 0 Å². The van der Waals surface area contributed by atoms with Gasteiger partial charge in [-0.2, -0.15) is 17.0 Å². The number of piperidine rings is 1. The van der Waals surface area contributed by atoms with Crippen LogP contribution >= 0.6 is 0 Å². The summed E-state index contributed by atoms with van der Waals surface area (Å²) in [5.41, 5.74) is 0. The van der Waals surface area contributed by atoms with Crippen LogP contribution in [0, 0.1) is 0 Å². The van der Waals surface area contributed by atoms with Crippen molar-refractivity contribution < 1.29 is 18.3 Å². The van der Waals surface area contributed by atoms with Gasteiger partial charge in [-0.3, -0.25) is 4.79 Å². The Bertz CT molecular complexity index is 386. The van der Waals surface area contributed by atoms with Crippen molar-refractivity contribution in [2.24, 2.45) is 0 Å². The van der Waals surface area contributed by atoms with E-state index >= 15 is 0 Å². The fourth-order valence-electron chi connectivity index (χ4n) is 2.38. The van der Waals surface area contributed by atoms with Gasteiger partial charge in [0.2, 0.25) is 0 Å².